The molecule has 0 amide bonds. The first kappa shape index (κ1) is 22.3. The standard InChI is InChI=1S/C28H38IN/c1-4-14-30-20(3)22-10-8-21(9-11-22)16-25(18-29)28-26-13-12-24(17-27(26)28)23-7-5-6-19(2)15-23/h5-8,10-11,15,17,20-21,25-28,30H,4,9,12-14,16,18H2,1-3H3. The summed E-state index contributed by atoms with van der Waals surface area (Å²) in [5.74, 6) is 4.32. The first-order chi connectivity index (χ1) is 14.6. The molecule has 1 N–H and O–H groups in total. The summed E-state index contributed by atoms with van der Waals surface area (Å²) in [7, 11) is 0. The molecule has 1 nitrogen and oxygen atoms in total. The van der Waals surface area contributed by atoms with Crippen molar-refractivity contribution in [3.05, 3.63) is 65.3 Å². The van der Waals surface area contributed by atoms with E-state index in [0.29, 0.717) is 6.04 Å². The van der Waals surface area contributed by atoms with Crippen molar-refractivity contribution in [3.8, 4) is 0 Å². The second kappa shape index (κ2) is 10.2. The lowest BCUT2D eigenvalue weighted by atomic mass is 9.85. The Morgan fingerprint density at radius 2 is 2.13 bits per heavy atom. The van der Waals surface area contributed by atoms with Crippen LogP contribution in [-0.4, -0.2) is 17.0 Å². The summed E-state index contributed by atoms with van der Waals surface area (Å²) in [4.78, 5) is 0. The lowest BCUT2D eigenvalue weighted by Crippen LogP contribution is -2.28. The Hall–Kier alpha value is -0.870. The van der Waals surface area contributed by atoms with Gasteiger partial charge < -0.3 is 5.32 Å². The van der Waals surface area contributed by atoms with Gasteiger partial charge in [-0.25, -0.2) is 0 Å². The van der Waals surface area contributed by atoms with Crippen LogP contribution in [0.25, 0.3) is 5.57 Å². The van der Waals surface area contributed by atoms with Gasteiger partial charge in [0.05, 0.1) is 0 Å². The monoisotopic (exact) mass is 515 g/mol. The van der Waals surface area contributed by atoms with E-state index in [1.54, 1.807) is 5.57 Å². The van der Waals surface area contributed by atoms with Crippen molar-refractivity contribution in [2.75, 3.05) is 11.0 Å². The third-order valence-corrected chi connectivity index (χ3v) is 8.72. The fourth-order valence-corrected chi connectivity index (χ4v) is 6.75. The second-order valence-corrected chi connectivity index (χ2v) is 10.7. The largest absolute Gasteiger partial charge is 0.310 e. The van der Waals surface area contributed by atoms with Crippen molar-refractivity contribution >= 4 is 28.2 Å². The number of aryl methyl sites for hydroxylation is 1. The summed E-state index contributed by atoms with van der Waals surface area (Å²) < 4.78 is 1.30. The zero-order valence-corrected chi connectivity index (χ0v) is 21.1. The van der Waals surface area contributed by atoms with E-state index in [9.17, 15) is 0 Å². The molecule has 6 atom stereocenters. The smallest absolute Gasteiger partial charge is 0.0288 e. The molecule has 6 unspecified atom stereocenters. The van der Waals surface area contributed by atoms with Gasteiger partial charge in [-0.2, -0.15) is 0 Å². The zero-order chi connectivity index (χ0) is 21.1. The molecule has 0 aromatic heterocycles. The van der Waals surface area contributed by atoms with Gasteiger partial charge in [0.15, 0.2) is 0 Å². The van der Waals surface area contributed by atoms with Crippen molar-refractivity contribution in [1.29, 1.82) is 0 Å². The van der Waals surface area contributed by atoms with Crippen LogP contribution in [0.2, 0.25) is 0 Å². The minimum absolute atomic E-state index is 0.485. The minimum atomic E-state index is 0.485. The molecule has 4 rings (SSSR count). The van der Waals surface area contributed by atoms with Gasteiger partial charge in [-0.15, -0.1) is 0 Å². The molecule has 0 bridgehead atoms. The molecule has 0 spiro atoms. The van der Waals surface area contributed by atoms with E-state index in [-0.39, 0.29) is 0 Å². The number of hydrogen-bond donors (Lipinski definition) is 1. The van der Waals surface area contributed by atoms with Gasteiger partial charge >= 0.3 is 0 Å². The van der Waals surface area contributed by atoms with Crippen LogP contribution in [-0.2, 0) is 0 Å². The van der Waals surface area contributed by atoms with Crippen LogP contribution < -0.4 is 5.32 Å². The summed E-state index contributed by atoms with van der Waals surface area (Å²) >= 11 is 2.65. The van der Waals surface area contributed by atoms with E-state index in [0.717, 1.165) is 36.1 Å². The van der Waals surface area contributed by atoms with E-state index < -0.39 is 0 Å². The molecule has 0 saturated heterocycles. The van der Waals surface area contributed by atoms with Crippen LogP contribution in [0.4, 0.5) is 0 Å². The highest BCUT2D eigenvalue weighted by molar-refractivity contribution is 14.1. The number of halogens is 1. The Kier molecular flexibility index (Phi) is 7.57. The Labute approximate surface area is 197 Å². The molecule has 2 heteroatoms. The fraction of sp³-hybridized carbons (Fsp3) is 0.571. The van der Waals surface area contributed by atoms with Crippen LogP contribution >= 0.6 is 22.6 Å². The fourth-order valence-electron chi connectivity index (χ4n) is 5.80. The molecule has 1 fully saturated rings. The van der Waals surface area contributed by atoms with Crippen LogP contribution in [0.3, 0.4) is 0 Å². The van der Waals surface area contributed by atoms with E-state index >= 15 is 0 Å². The summed E-state index contributed by atoms with van der Waals surface area (Å²) in [6.45, 7) is 7.85. The second-order valence-electron chi connectivity index (χ2n) is 9.80. The molecule has 0 radical (unpaired) electrons. The predicted molar refractivity (Wildman–Crippen MR) is 139 cm³/mol. The van der Waals surface area contributed by atoms with Gasteiger partial charge in [-0.05, 0) is 98.8 Å². The summed E-state index contributed by atoms with van der Waals surface area (Å²) in [5, 5.41) is 3.62. The lowest BCUT2D eigenvalue weighted by molar-refractivity contribution is 0.389. The van der Waals surface area contributed by atoms with Crippen LogP contribution in [0.1, 0.15) is 57.1 Å². The molecule has 1 aromatic rings. The van der Waals surface area contributed by atoms with Crippen molar-refractivity contribution < 1.29 is 0 Å². The molecule has 0 aliphatic heterocycles. The van der Waals surface area contributed by atoms with Gasteiger partial charge in [0.25, 0.3) is 0 Å². The molecule has 3 aliphatic rings. The molecular formula is C28H38IN. The van der Waals surface area contributed by atoms with E-state index in [4.69, 9.17) is 0 Å². The van der Waals surface area contributed by atoms with Crippen molar-refractivity contribution in [2.24, 2.45) is 29.6 Å². The van der Waals surface area contributed by atoms with Crippen LogP contribution in [0, 0.1) is 36.5 Å². The number of rotatable bonds is 9. The van der Waals surface area contributed by atoms with Gasteiger partial charge in [-0.1, -0.05) is 83.6 Å². The molecule has 30 heavy (non-hydrogen) atoms. The van der Waals surface area contributed by atoms with Crippen molar-refractivity contribution in [3.63, 3.8) is 0 Å². The topological polar surface area (TPSA) is 12.0 Å². The Morgan fingerprint density at radius 1 is 1.27 bits per heavy atom. The average molecular weight is 516 g/mol. The number of allylic oxidation sites excluding steroid dienone is 4. The highest BCUT2D eigenvalue weighted by Crippen LogP contribution is 2.60. The van der Waals surface area contributed by atoms with E-state index in [1.165, 1.54) is 53.2 Å². The molecular weight excluding hydrogens is 477 g/mol. The quantitative estimate of drug-likeness (QED) is 0.268. The van der Waals surface area contributed by atoms with Crippen molar-refractivity contribution in [2.45, 2.75) is 58.9 Å². The average Bonchev–Trinajstić information content (AvgIpc) is 3.49. The summed E-state index contributed by atoms with van der Waals surface area (Å²) in [6, 6.07) is 9.58. The maximum absolute atomic E-state index is 3.62. The molecule has 1 saturated carbocycles. The molecule has 162 valence electrons. The Morgan fingerprint density at radius 3 is 2.83 bits per heavy atom. The molecule has 3 aliphatic carbocycles. The first-order valence-electron chi connectivity index (χ1n) is 12.1. The summed E-state index contributed by atoms with van der Waals surface area (Å²) in [5.41, 5.74) is 5.93. The van der Waals surface area contributed by atoms with Crippen LogP contribution in [0.5, 0.6) is 0 Å². The number of alkyl halides is 1. The third kappa shape index (κ3) is 5.12. The number of fused-ring (bicyclic) bond motifs is 1. The Bertz CT molecular complexity index is 820. The maximum Gasteiger partial charge on any atom is 0.0288 e. The third-order valence-electron chi connectivity index (χ3n) is 7.59. The van der Waals surface area contributed by atoms with E-state index in [1.807, 2.05) is 0 Å². The summed E-state index contributed by atoms with van der Waals surface area (Å²) in [6.07, 6.45) is 16.5. The number of nitrogens with one attached hydrogen (secondary N) is 1. The maximum atomic E-state index is 3.62. The number of benzene rings is 1. The molecule has 0 heterocycles. The van der Waals surface area contributed by atoms with Gasteiger partial charge in [0.2, 0.25) is 0 Å². The SMILES string of the molecule is CCCNC(C)C1=CCC(CC(CI)C2C3C=C(c4cccc(C)c4)CCC32)C=C1. The van der Waals surface area contributed by atoms with E-state index in [2.05, 4.69) is 97.2 Å². The number of hydrogen-bond acceptors (Lipinski definition) is 1. The Balaban J connectivity index is 1.34. The van der Waals surface area contributed by atoms with Crippen molar-refractivity contribution in [1.82, 2.24) is 5.32 Å². The zero-order valence-electron chi connectivity index (χ0n) is 18.9. The highest BCUT2D eigenvalue weighted by atomic mass is 127. The first-order valence-corrected chi connectivity index (χ1v) is 13.6. The van der Waals surface area contributed by atoms with Gasteiger partial charge in [0.1, 0.15) is 0 Å². The normalized spacial score (nSPS) is 29.6. The lowest BCUT2D eigenvalue weighted by Gasteiger charge is -2.24. The van der Waals surface area contributed by atoms with Gasteiger partial charge in [0, 0.05) is 10.5 Å². The van der Waals surface area contributed by atoms with Gasteiger partial charge in [-0.3, -0.25) is 0 Å². The minimum Gasteiger partial charge on any atom is -0.310 e. The highest BCUT2D eigenvalue weighted by Gasteiger charge is 2.53. The molecule has 1 aromatic carbocycles. The van der Waals surface area contributed by atoms with Crippen LogP contribution in [0.15, 0.2) is 54.1 Å². The predicted octanol–water partition coefficient (Wildman–Crippen LogP) is 7.37.